The molecule has 8 aliphatic rings. The predicted molar refractivity (Wildman–Crippen MR) is 346 cm³/mol. The molecule has 5 unspecified atom stereocenters. The van der Waals surface area contributed by atoms with Gasteiger partial charge in [-0.25, -0.2) is 26.3 Å². The van der Waals surface area contributed by atoms with Crippen LogP contribution in [0.1, 0.15) is 82.3 Å². The van der Waals surface area contributed by atoms with Crippen LogP contribution in [0.5, 0.6) is 23.5 Å². The minimum absolute atomic E-state index is 0.00594. The number of nitrogens with zero attached hydrogens (tertiary/aromatic N) is 10. The van der Waals surface area contributed by atoms with Crippen LogP contribution in [0.25, 0.3) is 64.2 Å². The molecule has 28 heteroatoms. The van der Waals surface area contributed by atoms with Gasteiger partial charge in [0.05, 0.1) is 89.8 Å². The Morgan fingerprint density at radius 2 is 1.41 bits per heavy atom. The summed E-state index contributed by atoms with van der Waals surface area (Å²) in [7, 11) is 0. The number of aliphatic hydroxyl groups excluding tert-OH is 1. The van der Waals surface area contributed by atoms with Gasteiger partial charge >= 0.3 is 12.0 Å². The topological polar surface area (TPSA) is 217 Å². The van der Waals surface area contributed by atoms with E-state index in [4.69, 9.17) is 72.6 Å². The van der Waals surface area contributed by atoms with Crippen molar-refractivity contribution in [3.05, 3.63) is 80.9 Å². The molecule has 16 rings (SSSR count). The molecule has 7 aliphatic heterocycles. The molecule has 18 nitrogen and oxygen atoms in total. The van der Waals surface area contributed by atoms with Crippen LogP contribution in [0, 0.1) is 45.9 Å². The third kappa shape index (κ3) is 9.49. The first kappa shape index (κ1) is 61.5. The second-order valence-corrected chi connectivity index (χ2v) is 28.5. The van der Waals surface area contributed by atoms with E-state index >= 15 is 22.0 Å². The monoisotopic (exact) mass is 1360 g/mol. The van der Waals surface area contributed by atoms with Gasteiger partial charge in [-0.1, -0.05) is 47.5 Å². The summed E-state index contributed by atoms with van der Waals surface area (Å²) in [6, 6.07) is 7.64. The first-order valence-corrected chi connectivity index (χ1v) is 34.0. The van der Waals surface area contributed by atoms with Crippen molar-refractivity contribution in [2.75, 3.05) is 86.7 Å². The summed E-state index contributed by atoms with van der Waals surface area (Å²) in [6.07, 6.45) is 4.58. The molecule has 6 fully saturated rings. The summed E-state index contributed by atoms with van der Waals surface area (Å²) < 4.78 is 132. The fourth-order valence-corrected chi connectivity index (χ4v) is 19.1. The van der Waals surface area contributed by atoms with Crippen LogP contribution < -0.4 is 39.8 Å². The van der Waals surface area contributed by atoms with E-state index in [9.17, 15) is 20.0 Å². The zero-order chi connectivity index (χ0) is 64.8. The average molecular weight is 1370 g/mol. The molecule has 94 heavy (non-hydrogen) atoms. The van der Waals surface area contributed by atoms with Crippen molar-refractivity contribution < 1.29 is 55.1 Å². The lowest BCUT2D eigenvalue weighted by atomic mass is 9.95. The molecule has 4 N–H and O–H groups in total. The number of anilines is 4. The second-order valence-electron chi connectivity index (χ2n) is 25.7. The molecule has 0 radical (unpaired) electrons. The van der Waals surface area contributed by atoms with Gasteiger partial charge < -0.3 is 49.6 Å². The van der Waals surface area contributed by atoms with E-state index in [1.54, 1.807) is 0 Å². The normalized spacial score (nSPS) is 26.7. The van der Waals surface area contributed by atoms with Gasteiger partial charge in [-0.15, -0.1) is 22.7 Å². The van der Waals surface area contributed by atoms with Crippen molar-refractivity contribution in [2.45, 2.75) is 125 Å². The number of rotatable bonds is 13. The van der Waals surface area contributed by atoms with E-state index in [-0.39, 0.29) is 189 Å². The first-order valence-electron chi connectivity index (χ1n) is 31.6. The van der Waals surface area contributed by atoms with Gasteiger partial charge in [0.25, 0.3) is 0 Å². The van der Waals surface area contributed by atoms with Crippen molar-refractivity contribution in [3.63, 3.8) is 0 Å². The first-order chi connectivity index (χ1) is 45.5. The standard InChI is InChI=1S/C66H60Cl2F6N12O6S2/c1-2-6-31-27-90-55-47-53(51(74)44(49(55)68)33-9-11-37(70)56-42(33)35(23-75)58(77)93-56)79-64(82-61(47)86(31)32-13-19-88-26-32)92-29-66-15-5-17-85(66)59(39(72)22-66)80-62-36(24-76)43-34(10-12-38(71)57(43)94-62)45-48(67)54-46-52(50(45)73)78-63(91-28-65-14-4-16-83(65)25-30(69)21-65)81-60(46)84(18-20-89-54)40-7-3-8-41(40)87/h2,6,9-12,30-32,39-41,59,80,87H,3-5,7-8,13-22,25-29,77H2,1H3/b6-2-/t30-,31?,32?,39-,40?,41?,59?,65+,66+/m1/s1. The highest BCUT2D eigenvalue weighted by molar-refractivity contribution is 7.23. The van der Waals surface area contributed by atoms with Gasteiger partial charge in [0.2, 0.25) is 0 Å². The summed E-state index contributed by atoms with van der Waals surface area (Å²) in [4.78, 5) is 27.2. The fraction of sp³-hybridized carbons (Fsp3) is 0.455. The van der Waals surface area contributed by atoms with Gasteiger partial charge in [-0.2, -0.15) is 30.5 Å². The molecule has 9 atom stereocenters. The minimum Gasteiger partial charge on any atom is -0.489 e. The predicted octanol–water partition coefficient (Wildman–Crippen LogP) is 12.9. The molecule has 488 valence electrons. The number of nitriles is 2. The van der Waals surface area contributed by atoms with E-state index in [2.05, 4.69) is 16.3 Å². The van der Waals surface area contributed by atoms with Crippen LogP contribution in [-0.2, 0) is 4.74 Å². The Labute approximate surface area is 552 Å². The highest BCUT2D eigenvalue weighted by Crippen LogP contribution is 2.56. The highest BCUT2D eigenvalue weighted by atomic mass is 35.5. The zero-order valence-electron chi connectivity index (χ0n) is 50.5. The van der Waals surface area contributed by atoms with Crippen LogP contribution in [-0.4, -0.2) is 154 Å². The Morgan fingerprint density at radius 3 is 2.09 bits per heavy atom. The molecular weight excluding hydrogens is 1310 g/mol. The van der Waals surface area contributed by atoms with Gasteiger partial charge in [-0.3, -0.25) is 9.80 Å². The summed E-state index contributed by atoms with van der Waals surface area (Å²) in [5.74, 6) is -2.72. The number of nitrogens with one attached hydrogen (secondary N) is 1. The third-order valence-corrected chi connectivity index (χ3v) is 23.4. The molecule has 1 aliphatic carbocycles. The molecule has 5 saturated heterocycles. The van der Waals surface area contributed by atoms with Gasteiger partial charge in [0.1, 0.15) is 101 Å². The van der Waals surface area contributed by atoms with E-state index in [1.807, 2.05) is 39.8 Å². The number of benzene rings is 4. The molecule has 8 aromatic rings. The zero-order valence-corrected chi connectivity index (χ0v) is 53.7. The molecular formula is C66H60Cl2F6N12O6S2. The second kappa shape index (κ2) is 23.5. The van der Waals surface area contributed by atoms with Crippen molar-refractivity contribution in [2.24, 2.45) is 0 Å². The smallest absolute Gasteiger partial charge is 0.319 e. The number of nitrogens with two attached hydrogens (primary N) is 1. The van der Waals surface area contributed by atoms with Crippen LogP contribution >= 0.6 is 45.9 Å². The van der Waals surface area contributed by atoms with Gasteiger partial charge in [-0.05, 0) is 88.1 Å². The Balaban J connectivity index is 0.762. The quantitative estimate of drug-likeness (QED) is 0.0722. The number of hydrogen-bond acceptors (Lipinski definition) is 20. The maximum atomic E-state index is 18.2. The maximum absolute atomic E-state index is 18.2. The average Bonchev–Trinajstić information content (AvgIpc) is 1.26. The fourth-order valence-electron chi connectivity index (χ4n) is 16.4. The molecule has 4 aromatic carbocycles. The molecule has 1 saturated carbocycles. The summed E-state index contributed by atoms with van der Waals surface area (Å²) in [6.45, 7) is 4.12. The van der Waals surface area contributed by atoms with Crippen molar-refractivity contribution in [3.8, 4) is 57.9 Å². The Hall–Kier alpha value is -7.40. The largest absolute Gasteiger partial charge is 0.489 e. The maximum Gasteiger partial charge on any atom is 0.319 e. The molecule has 11 heterocycles. The van der Waals surface area contributed by atoms with Gasteiger partial charge in [0, 0.05) is 54.4 Å². The lowest BCUT2D eigenvalue weighted by Crippen LogP contribution is -2.49. The van der Waals surface area contributed by atoms with Crippen molar-refractivity contribution in [1.82, 2.24) is 29.7 Å². The number of nitrogen functional groups attached to an aromatic ring is 1. The number of fused-ring (bicyclic) bond motifs is 4. The van der Waals surface area contributed by atoms with E-state index in [1.165, 1.54) is 12.1 Å². The number of thiophene rings is 2. The summed E-state index contributed by atoms with van der Waals surface area (Å²) >= 11 is 16.4. The highest BCUT2D eigenvalue weighted by Gasteiger charge is 2.56. The van der Waals surface area contributed by atoms with Crippen LogP contribution in [0.2, 0.25) is 10.0 Å². The molecule has 0 amide bonds. The Bertz CT molecular complexity index is 4610. The SMILES string of the molecule is C/C=C\C1COc2c(Cl)c(-c3ccc(F)c4sc(N)c(C#N)c34)c(F)c3nc(OC[C@@]45CCCN4C(Nc4sc6c(F)ccc(-c7c(Cl)c8c9c(nc(OC[C@@]%10%11CCCN%10C[C@H](F)C%11)nc9c7F)N(C7CCCC7O)CCO8)c6c4C#N)[C@H](F)C5)nc(c23)N1C1CCOC1. The lowest BCUT2D eigenvalue weighted by Gasteiger charge is -2.35. The Morgan fingerprint density at radius 1 is 0.766 bits per heavy atom. The Kier molecular flexibility index (Phi) is 15.3. The number of allylic oxidation sites excluding steroid dienone is 1. The van der Waals surface area contributed by atoms with Crippen molar-refractivity contribution in [1.29, 1.82) is 10.5 Å². The number of hydrogen-bond donors (Lipinski definition) is 3. The van der Waals surface area contributed by atoms with Crippen LogP contribution in [0.15, 0.2) is 36.4 Å². The number of aromatic nitrogens is 4. The molecule has 4 aromatic heterocycles. The lowest BCUT2D eigenvalue weighted by molar-refractivity contribution is 0.0901. The summed E-state index contributed by atoms with van der Waals surface area (Å²) in [5.41, 5.74) is 3.63. The van der Waals surface area contributed by atoms with Crippen LogP contribution in [0.3, 0.4) is 0 Å². The number of halogens is 8. The molecule has 0 spiro atoms. The molecule has 0 bridgehead atoms. The van der Waals surface area contributed by atoms with Crippen molar-refractivity contribution >= 4 is 109 Å². The van der Waals surface area contributed by atoms with E-state index in [0.717, 1.165) is 47.6 Å². The third-order valence-electron chi connectivity index (χ3n) is 20.5. The van der Waals surface area contributed by atoms with Crippen LogP contribution in [0.4, 0.5) is 48.0 Å². The summed E-state index contributed by atoms with van der Waals surface area (Å²) in [5, 5.41) is 36.1. The number of ether oxygens (including phenoxy) is 5. The van der Waals surface area contributed by atoms with Gasteiger partial charge in [0.15, 0.2) is 23.1 Å². The minimum atomic E-state index is -1.61. The number of aliphatic hydroxyl groups is 1. The number of alkyl halides is 2. The van der Waals surface area contributed by atoms with E-state index < -0.39 is 71.0 Å². The van der Waals surface area contributed by atoms with E-state index in [0.29, 0.717) is 64.8 Å².